The predicted molar refractivity (Wildman–Crippen MR) is 91.8 cm³/mol. The second kappa shape index (κ2) is 8.28. The van der Waals surface area contributed by atoms with Crippen molar-refractivity contribution in [1.29, 1.82) is 0 Å². The van der Waals surface area contributed by atoms with Crippen LogP contribution in [0.15, 0.2) is 61.0 Å². The normalized spacial score (nSPS) is 15.5. The number of carboxylic acids is 1. The Morgan fingerprint density at radius 2 is 1.96 bits per heavy atom. The van der Waals surface area contributed by atoms with Crippen molar-refractivity contribution in [2.24, 2.45) is 0 Å². The van der Waals surface area contributed by atoms with Crippen LogP contribution in [-0.2, 0) is 17.6 Å². The Morgan fingerprint density at radius 1 is 1.22 bits per heavy atom. The van der Waals surface area contributed by atoms with Crippen molar-refractivity contribution in [3.63, 3.8) is 0 Å². The third-order valence-corrected chi connectivity index (χ3v) is 4.04. The van der Waals surface area contributed by atoms with Crippen molar-refractivity contribution in [3.05, 3.63) is 77.7 Å². The van der Waals surface area contributed by atoms with Gasteiger partial charge in [-0.15, -0.1) is 6.58 Å². The number of aryl methyl sites for hydroxylation is 2. The molecule has 1 aliphatic carbocycles. The molecule has 0 aliphatic heterocycles. The Hall–Kier alpha value is -2.42. The number of aliphatic carboxylic acids is 1. The quantitative estimate of drug-likeness (QED) is 0.455. The summed E-state index contributed by atoms with van der Waals surface area (Å²) in [5, 5.41) is 9.50. The van der Waals surface area contributed by atoms with E-state index < -0.39 is 5.97 Å². The van der Waals surface area contributed by atoms with Crippen molar-refractivity contribution < 1.29 is 14.3 Å². The van der Waals surface area contributed by atoms with Crippen LogP contribution < -0.4 is 0 Å². The van der Waals surface area contributed by atoms with Crippen molar-refractivity contribution in [2.45, 2.75) is 32.1 Å². The Bertz CT molecular complexity index is 681. The Morgan fingerprint density at radius 3 is 2.61 bits per heavy atom. The van der Waals surface area contributed by atoms with E-state index in [1.807, 2.05) is 6.07 Å². The molecule has 0 spiro atoms. The minimum atomic E-state index is -0.980. The summed E-state index contributed by atoms with van der Waals surface area (Å²) in [5.74, 6) is -0.980. The van der Waals surface area contributed by atoms with Gasteiger partial charge in [-0.2, -0.15) is 0 Å². The van der Waals surface area contributed by atoms with E-state index >= 15 is 0 Å². The monoisotopic (exact) mass is 312 g/mol. The zero-order valence-corrected chi connectivity index (χ0v) is 13.1. The molecule has 2 nitrogen and oxygen atoms in total. The molecule has 0 fully saturated rings. The Balaban J connectivity index is 2.54. The van der Waals surface area contributed by atoms with E-state index in [0.717, 1.165) is 24.8 Å². The Labute approximate surface area is 136 Å². The number of fused-ring (bicyclic) bond motifs is 1. The molecule has 1 N–H and O–H groups in total. The minimum Gasteiger partial charge on any atom is -0.478 e. The van der Waals surface area contributed by atoms with Gasteiger partial charge in [0, 0.05) is 5.57 Å². The lowest BCUT2D eigenvalue weighted by atomic mass is 9.87. The molecule has 0 saturated heterocycles. The van der Waals surface area contributed by atoms with Crippen LogP contribution >= 0.6 is 0 Å². The highest BCUT2D eigenvalue weighted by Gasteiger charge is 2.15. The number of carbonyl (C=O) groups is 1. The molecule has 0 saturated carbocycles. The lowest BCUT2D eigenvalue weighted by molar-refractivity contribution is -0.132. The highest BCUT2D eigenvalue weighted by Crippen LogP contribution is 2.28. The summed E-state index contributed by atoms with van der Waals surface area (Å²) in [6.45, 7) is 3.63. The third kappa shape index (κ3) is 4.28. The second-order valence-electron chi connectivity index (χ2n) is 5.56. The van der Waals surface area contributed by atoms with Gasteiger partial charge in [0.25, 0.3) is 0 Å². The second-order valence-corrected chi connectivity index (χ2v) is 5.56. The number of benzene rings is 1. The van der Waals surface area contributed by atoms with E-state index in [1.54, 1.807) is 12.2 Å². The van der Waals surface area contributed by atoms with Crippen molar-refractivity contribution >= 4 is 11.5 Å². The topological polar surface area (TPSA) is 37.3 Å². The highest BCUT2D eigenvalue weighted by molar-refractivity contribution is 5.99. The van der Waals surface area contributed by atoms with E-state index in [2.05, 4.69) is 18.7 Å². The van der Waals surface area contributed by atoms with Gasteiger partial charge in [0.2, 0.25) is 0 Å². The average Bonchev–Trinajstić information content (AvgIpc) is 2.56. The largest absolute Gasteiger partial charge is 0.478 e. The van der Waals surface area contributed by atoms with Crippen LogP contribution in [0.4, 0.5) is 4.39 Å². The molecule has 2 rings (SSSR count). The average molecular weight is 312 g/mol. The first kappa shape index (κ1) is 16.9. The maximum Gasteiger partial charge on any atom is 0.332 e. The first-order valence-corrected chi connectivity index (χ1v) is 7.80. The Kier molecular flexibility index (Phi) is 6.10. The number of hydrogen-bond donors (Lipinski definition) is 1. The van der Waals surface area contributed by atoms with Gasteiger partial charge in [0.05, 0.1) is 6.33 Å². The fraction of sp³-hybridized carbons (Fsp3) is 0.250. The summed E-state index contributed by atoms with van der Waals surface area (Å²) >= 11 is 0. The van der Waals surface area contributed by atoms with E-state index in [4.69, 9.17) is 0 Å². The van der Waals surface area contributed by atoms with E-state index in [9.17, 15) is 14.3 Å². The first-order chi connectivity index (χ1) is 11.2. The van der Waals surface area contributed by atoms with E-state index in [-0.39, 0.29) is 12.0 Å². The van der Waals surface area contributed by atoms with Crippen LogP contribution in [0.2, 0.25) is 0 Å². The third-order valence-electron chi connectivity index (χ3n) is 4.04. The van der Waals surface area contributed by atoms with Gasteiger partial charge in [0.1, 0.15) is 0 Å². The molecular weight excluding hydrogens is 291 g/mol. The lowest BCUT2D eigenvalue weighted by Gasteiger charge is -2.17. The van der Waals surface area contributed by atoms with Gasteiger partial charge in [-0.3, -0.25) is 0 Å². The van der Waals surface area contributed by atoms with Crippen molar-refractivity contribution in [3.8, 4) is 0 Å². The van der Waals surface area contributed by atoms with Gasteiger partial charge < -0.3 is 5.11 Å². The molecule has 3 heteroatoms. The fourth-order valence-corrected chi connectivity index (χ4v) is 2.92. The molecule has 0 aromatic heterocycles. The van der Waals surface area contributed by atoms with Crippen LogP contribution in [0.25, 0.3) is 5.57 Å². The van der Waals surface area contributed by atoms with Gasteiger partial charge >= 0.3 is 5.97 Å². The summed E-state index contributed by atoms with van der Waals surface area (Å²) in [4.78, 5) is 11.6. The molecule has 1 aromatic carbocycles. The van der Waals surface area contributed by atoms with Crippen LogP contribution in [0.5, 0.6) is 0 Å². The van der Waals surface area contributed by atoms with Crippen LogP contribution in [0, 0.1) is 0 Å². The summed E-state index contributed by atoms with van der Waals surface area (Å²) in [5.41, 5.74) is 4.34. The first-order valence-electron chi connectivity index (χ1n) is 7.80. The van der Waals surface area contributed by atoms with Crippen LogP contribution in [0.3, 0.4) is 0 Å². The maximum absolute atomic E-state index is 12.2. The smallest absolute Gasteiger partial charge is 0.332 e. The number of hydrogen-bond acceptors (Lipinski definition) is 1. The van der Waals surface area contributed by atoms with Gasteiger partial charge in [-0.1, -0.05) is 36.4 Å². The summed E-state index contributed by atoms with van der Waals surface area (Å²) < 4.78 is 12.2. The molecule has 0 unspecified atom stereocenters. The lowest BCUT2D eigenvalue weighted by Crippen LogP contribution is -2.06. The standard InChI is InChI=1S/C20H21FO2/c1-2-7-19(20(22)23)18(10-5-6-13-21)17-12-11-15-8-3-4-9-16(15)14-17/h2,5-6,10-14H,1,3-4,7-9H2,(H,22,23). The number of halogens is 1. The van der Waals surface area contributed by atoms with Gasteiger partial charge in [0.15, 0.2) is 0 Å². The molecule has 23 heavy (non-hydrogen) atoms. The zero-order chi connectivity index (χ0) is 16.7. The zero-order valence-electron chi connectivity index (χ0n) is 13.1. The SMILES string of the molecule is C=CCC(C(=O)O)=C(C=CC=CF)c1ccc2c(c1)CCCC2. The van der Waals surface area contributed by atoms with Crippen LogP contribution in [-0.4, -0.2) is 11.1 Å². The number of rotatable bonds is 6. The predicted octanol–water partition coefficient (Wildman–Crippen LogP) is 5.02. The summed E-state index contributed by atoms with van der Waals surface area (Å²) in [6.07, 6.45) is 11.1. The molecule has 0 heterocycles. The van der Waals surface area contributed by atoms with E-state index in [0.29, 0.717) is 11.9 Å². The molecule has 0 bridgehead atoms. The molecular formula is C20H21FO2. The molecule has 0 radical (unpaired) electrons. The maximum atomic E-state index is 12.2. The van der Waals surface area contributed by atoms with Gasteiger partial charge in [-0.05, 0) is 60.4 Å². The number of allylic oxidation sites excluding steroid dienone is 5. The molecule has 0 atom stereocenters. The minimum absolute atomic E-state index is 0.255. The summed E-state index contributed by atoms with van der Waals surface area (Å²) in [7, 11) is 0. The fourth-order valence-electron chi connectivity index (χ4n) is 2.92. The van der Waals surface area contributed by atoms with E-state index in [1.165, 1.54) is 29.7 Å². The highest BCUT2D eigenvalue weighted by atomic mass is 19.1. The van der Waals surface area contributed by atoms with Gasteiger partial charge in [-0.25, -0.2) is 9.18 Å². The van der Waals surface area contributed by atoms with Crippen molar-refractivity contribution in [2.75, 3.05) is 0 Å². The van der Waals surface area contributed by atoms with Crippen molar-refractivity contribution in [1.82, 2.24) is 0 Å². The molecule has 1 aromatic rings. The molecule has 0 amide bonds. The molecule has 1 aliphatic rings. The van der Waals surface area contributed by atoms with Crippen LogP contribution in [0.1, 0.15) is 36.0 Å². The molecule has 120 valence electrons. The number of carboxylic acid groups (broad SMARTS) is 1. The summed E-state index contributed by atoms with van der Waals surface area (Å²) in [6, 6.07) is 6.10.